The second kappa shape index (κ2) is 13.4. The van der Waals surface area contributed by atoms with Crippen LogP contribution in [0.15, 0.2) is 212 Å². The van der Waals surface area contributed by atoms with E-state index in [2.05, 4.69) is 199 Å². The van der Waals surface area contributed by atoms with Gasteiger partial charge in [0.15, 0.2) is 17.5 Å². The van der Waals surface area contributed by atoms with Crippen LogP contribution in [0.2, 0.25) is 0 Å². The van der Waals surface area contributed by atoms with Gasteiger partial charge in [-0.25, -0.2) is 19.9 Å². The summed E-state index contributed by atoms with van der Waals surface area (Å²) >= 11 is 0. The minimum Gasteiger partial charge on any atom is -0.299 e. The van der Waals surface area contributed by atoms with Crippen LogP contribution in [0.25, 0.3) is 95.4 Å². The van der Waals surface area contributed by atoms with E-state index in [1.54, 1.807) is 0 Å². The molecule has 8 aromatic carbocycles. The molecule has 2 aliphatic rings. The highest BCUT2D eigenvalue weighted by Crippen LogP contribution is 2.63. The maximum Gasteiger partial charge on any atom is 0.164 e. The summed E-state index contributed by atoms with van der Waals surface area (Å²) in [7, 11) is 0. The van der Waals surface area contributed by atoms with Crippen molar-refractivity contribution in [3.8, 4) is 78.9 Å². The number of aromatic nitrogens is 5. The Balaban J connectivity index is 1.03. The molecule has 0 bridgehead atoms. The Morgan fingerprint density at radius 1 is 0.323 bits per heavy atom. The summed E-state index contributed by atoms with van der Waals surface area (Å²) < 4.78 is 2.16. The molecule has 5 nitrogen and oxygen atoms in total. The van der Waals surface area contributed by atoms with Gasteiger partial charge in [-0.1, -0.05) is 176 Å². The molecular weight excluding hydrogens is 755 g/mol. The predicted molar refractivity (Wildman–Crippen MR) is 250 cm³/mol. The number of imidazole rings is 1. The Bertz CT molecular complexity index is 3540. The topological polar surface area (TPSA) is 56.0 Å². The molecule has 0 unspecified atom stereocenters. The molecule has 2 aliphatic carbocycles. The molecule has 0 fully saturated rings. The summed E-state index contributed by atoms with van der Waals surface area (Å²) in [5.41, 5.74) is 17.4. The van der Waals surface area contributed by atoms with Crippen LogP contribution in [-0.4, -0.2) is 24.3 Å². The first-order valence-electron chi connectivity index (χ1n) is 21.1. The molecule has 5 heteroatoms. The fourth-order valence-corrected chi connectivity index (χ4v) is 10.2. The zero-order valence-corrected chi connectivity index (χ0v) is 33.4. The van der Waals surface area contributed by atoms with Crippen LogP contribution < -0.4 is 0 Å². The van der Waals surface area contributed by atoms with Gasteiger partial charge >= 0.3 is 0 Å². The Morgan fingerprint density at radius 2 is 0.839 bits per heavy atom. The van der Waals surface area contributed by atoms with E-state index in [1.807, 2.05) is 18.2 Å². The van der Waals surface area contributed by atoms with Crippen LogP contribution in [-0.2, 0) is 5.41 Å². The van der Waals surface area contributed by atoms with E-state index >= 15 is 0 Å². The largest absolute Gasteiger partial charge is 0.299 e. The van der Waals surface area contributed by atoms with Gasteiger partial charge in [-0.05, 0) is 85.6 Å². The minimum atomic E-state index is -0.481. The second-order valence-corrected chi connectivity index (χ2v) is 16.2. The van der Waals surface area contributed by atoms with E-state index in [9.17, 15) is 0 Å². The molecule has 1 spiro atoms. The molecule has 0 amide bonds. The third-order valence-electron chi connectivity index (χ3n) is 12.9. The van der Waals surface area contributed by atoms with Gasteiger partial charge < -0.3 is 0 Å². The first kappa shape index (κ1) is 34.6. The molecule has 3 aromatic heterocycles. The van der Waals surface area contributed by atoms with Crippen molar-refractivity contribution in [2.45, 2.75) is 5.41 Å². The summed E-state index contributed by atoms with van der Waals surface area (Å²) in [5.74, 6) is 1.84. The molecule has 0 aliphatic heterocycles. The van der Waals surface area contributed by atoms with Crippen LogP contribution in [0.4, 0.5) is 0 Å². The number of hydrogen-bond acceptors (Lipinski definition) is 4. The van der Waals surface area contributed by atoms with Gasteiger partial charge in [0, 0.05) is 34.0 Å². The maximum atomic E-state index is 5.35. The average molecular weight is 790 g/mol. The lowest BCUT2D eigenvalue weighted by Gasteiger charge is -2.30. The van der Waals surface area contributed by atoms with E-state index < -0.39 is 5.41 Å². The summed E-state index contributed by atoms with van der Waals surface area (Å²) in [6, 6.07) is 73.4. The van der Waals surface area contributed by atoms with Crippen molar-refractivity contribution in [3.63, 3.8) is 0 Å². The molecule has 0 saturated carbocycles. The van der Waals surface area contributed by atoms with E-state index in [0.717, 1.165) is 50.2 Å². The molecule has 0 radical (unpaired) electrons. The van der Waals surface area contributed by atoms with Crippen molar-refractivity contribution in [2.24, 2.45) is 0 Å². The molecule has 3 heterocycles. The zero-order chi connectivity index (χ0) is 40.8. The first-order valence-corrected chi connectivity index (χ1v) is 21.1. The van der Waals surface area contributed by atoms with Crippen molar-refractivity contribution in [3.05, 3.63) is 235 Å². The Hall–Kier alpha value is -8.28. The number of benzene rings is 8. The second-order valence-electron chi connectivity index (χ2n) is 16.2. The fraction of sp³-hybridized carbons (Fsp3) is 0.0175. The molecule has 288 valence electrons. The molecule has 11 aromatic rings. The fourth-order valence-electron chi connectivity index (χ4n) is 10.2. The monoisotopic (exact) mass is 789 g/mol. The number of fused-ring (bicyclic) bond motifs is 12. The van der Waals surface area contributed by atoms with Crippen molar-refractivity contribution >= 4 is 16.4 Å². The van der Waals surface area contributed by atoms with Crippen molar-refractivity contribution < 1.29 is 0 Å². The van der Waals surface area contributed by atoms with E-state index in [4.69, 9.17) is 19.9 Å². The molecule has 0 saturated heterocycles. The van der Waals surface area contributed by atoms with Gasteiger partial charge in [-0.15, -0.1) is 0 Å². The van der Waals surface area contributed by atoms with Gasteiger partial charge in [0.1, 0.15) is 5.65 Å². The first-order chi connectivity index (χ1) is 30.7. The van der Waals surface area contributed by atoms with Crippen LogP contribution >= 0.6 is 0 Å². The van der Waals surface area contributed by atoms with Crippen LogP contribution in [0.5, 0.6) is 0 Å². The van der Waals surface area contributed by atoms with E-state index in [1.165, 1.54) is 49.9 Å². The normalized spacial score (nSPS) is 13.0. The highest BCUT2D eigenvalue weighted by molar-refractivity contribution is 5.96. The van der Waals surface area contributed by atoms with Crippen LogP contribution in [0, 0.1) is 0 Å². The van der Waals surface area contributed by atoms with Gasteiger partial charge in [-0.3, -0.25) is 4.40 Å². The summed E-state index contributed by atoms with van der Waals surface area (Å²) in [6.07, 6.45) is 2.08. The minimum absolute atomic E-state index is 0.481. The van der Waals surface area contributed by atoms with Crippen molar-refractivity contribution in [1.82, 2.24) is 24.3 Å². The number of pyridine rings is 1. The lowest BCUT2D eigenvalue weighted by Crippen LogP contribution is -2.25. The Labute approximate surface area is 358 Å². The molecular formula is C57H35N5. The highest BCUT2D eigenvalue weighted by Gasteiger charge is 2.51. The standard InChI is InChI=1S/C57H35N5/c1-2-16-37(17-3-1)53-52(58-51-27-12-13-32-62(51)53)39-19-14-20-40(34-39)54-59-55(41-29-28-36-15-4-5-18-38(36)33-41)61-56(60-54)42-30-31-46-45-23-8-11-26-49(45)57(50(46)35-42)47-24-9-6-21-43(47)44-22-7-10-25-48(44)57/h1-35H. The lowest BCUT2D eigenvalue weighted by atomic mass is 9.70. The summed E-state index contributed by atoms with van der Waals surface area (Å²) in [6.45, 7) is 0. The third-order valence-corrected chi connectivity index (χ3v) is 12.9. The van der Waals surface area contributed by atoms with Gasteiger partial charge in [-0.2, -0.15) is 0 Å². The van der Waals surface area contributed by atoms with Crippen LogP contribution in [0.1, 0.15) is 22.3 Å². The lowest BCUT2D eigenvalue weighted by molar-refractivity contribution is 0.794. The van der Waals surface area contributed by atoms with Gasteiger partial charge in [0.2, 0.25) is 0 Å². The summed E-state index contributed by atoms with van der Waals surface area (Å²) in [4.78, 5) is 21.1. The Kier molecular flexibility index (Phi) is 7.45. The smallest absolute Gasteiger partial charge is 0.164 e. The molecule has 0 N–H and O–H groups in total. The third kappa shape index (κ3) is 5.02. The molecule has 62 heavy (non-hydrogen) atoms. The quantitative estimate of drug-likeness (QED) is 0.174. The molecule has 13 rings (SSSR count). The van der Waals surface area contributed by atoms with Crippen molar-refractivity contribution in [2.75, 3.05) is 0 Å². The van der Waals surface area contributed by atoms with Gasteiger partial charge in [0.05, 0.1) is 16.8 Å². The maximum absolute atomic E-state index is 5.35. The summed E-state index contributed by atoms with van der Waals surface area (Å²) in [5, 5.41) is 2.30. The number of hydrogen-bond donors (Lipinski definition) is 0. The number of rotatable bonds is 5. The highest BCUT2D eigenvalue weighted by atomic mass is 15.0. The van der Waals surface area contributed by atoms with E-state index in [0.29, 0.717) is 17.5 Å². The van der Waals surface area contributed by atoms with Crippen molar-refractivity contribution in [1.29, 1.82) is 0 Å². The average Bonchev–Trinajstić information content (AvgIpc) is 3.98. The van der Waals surface area contributed by atoms with Crippen LogP contribution in [0.3, 0.4) is 0 Å². The Morgan fingerprint density at radius 3 is 1.53 bits per heavy atom. The SMILES string of the molecule is c1ccc(-c2c(-c3cccc(-c4nc(-c5ccc6c(c5)C5(c7ccccc7-c7ccccc75)c5ccccc5-6)nc(-c5ccc6ccccc6c5)n4)c3)nc3ccccn23)cc1. The number of nitrogens with zero attached hydrogens (tertiary/aromatic N) is 5. The van der Waals surface area contributed by atoms with E-state index in [-0.39, 0.29) is 0 Å². The van der Waals surface area contributed by atoms with Gasteiger partial charge in [0.25, 0.3) is 0 Å². The molecule has 0 atom stereocenters. The predicted octanol–water partition coefficient (Wildman–Crippen LogP) is 13.4. The zero-order valence-electron chi connectivity index (χ0n) is 33.4.